The Kier molecular flexibility index (Phi) is 3.53. The van der Waals surface area contributed by atoms with Gasteiger partial charge in [-0.3, -0.25) is 0 Å². The van der Waals surface area contributed by atoms with E-state index in [2.05, 4.69) is 4.74 Å². The molecule has 1 aromatic carbocycles. The molecule has 1 aromatic heterocycles. The number of ether oxygens (including phenoxy) is 2. The van der Waals surface area contributed by atoms with Crippen molar-refractivity contribution < 1.29 is 19.4 Å². The predicted octanol–water partition coefficient (Wildman–Crippen LogP) is 2.92. The van der Waals surface area contributed by atoms with Gasteiger partial charge in [0.15, 0.2) is 4.88 Å². The van der Waals surface area contributed by atoms with Crippen molar-refractivity contribution in [3.05, 3.63) is 35.2 Å². The number of rotatable bonds is 3. The molecule has 0 aliphatic heterocycles. The van der Waals surface area contributed by atoms with Crippen LogP contribution in [0.15, 0.2) is 30.3 Å². The molecule has 0 bridgehead atoms. The topological polar surface area (TPSA) is 55.8 Å². The van der Waals surface area contributed by atoms with E-state index in [1.165, 1.54) is 18.4 Å². The minimum Gasteiger partial charge on any atom is -0.506 e. The van der Waals surface area contributed by atoms with E-state index in [1.54, 1.807) is 13.2 Å². The molecule has 2 rings (SSSR count). The number of carbonyl (C=O) groups excluding carboxylic acids is 1. The Morgan fingerprint density at radius 1 is 1.22 bits per heavy atom. The predicted molar refractivity (Wildman–Crippen MR) is 69.3 cm³/mol. The van der Waals surface area contributed by atoms with E-state index >= 15 is 0 Å². The second kappa shape index (κ2) is 5.10. The number of thiophene rings is 1. The lowest BCUT2D eigenvalue weighted by Crippen LogP contribution is -1.97. The maximum Gasteiger partial charge on any atom is 0.351 e. The molecular formula is C13H12O4S. The molecule has 94 valence electrons. The van der Waals surface area contributed by atoms with Crippen molar-refractivity contribution in [3.63, 3.8) is 0 Å². The fourth-order valence-corrected chi connectivity index (χ4v) is 2.49. The number of benzene rings is 1. The lowest BCUT2D eigenvalue weighted by molar-refractivity contribution is 0.0603. The van der Waals surface area contributed by atoms with Crippen molar-refractivity contribution in [2.45, 2.75) is 0 Å². The zero-order valence-corrected chi connectivity index (χ0v) is 10.8. The normalized spacial score (nSPS) is 10.1. The molecular weight excluding hydrogens is 252 g/mol. The SMILES string of the molecule is COC(=O)c1sc(-c2ccc(OC)cc2)cc1O. The van der Waals surface area contributed by atoms with Gasteiger partial charge in [0.1, 0.15) is 11.5 Å². The van der Waals surface area contributed by atoms with E-state index < -0.39 is 5.97 Å². The van der Waals surface area contributed by atoms with E-state index in [1.807, 2.05) is 24.3 Å². The lowest BCUT2D eigenvalue weighted by atomic mass is 10.2. The van der Waals surface area contributed by atoms with Gasteiger partial charge < -0.3 is 14.6 Å². The molecule has 1 N–H and O–H groups in total. The summed E-state index contributed by atoms with van der Waals surface area (Å²) in [5.74, 6) is 0.169. The number of esters is 1. The summed E-state index contributed by atoms with van der Waals surface area (Å²) in [5, 5.41) is 9.68. The lowest BCUT2D eigenvalue weighted by Gasteiger charge is -2.00. The summed E-state index contributed by atoms with van der Waals surface area (Å²) in [6.07, 6.45) is 0. The van der Waals surface area contributed by atoms with Crippen molar-refractivity contribution in [1.82, 2.24) is 0 Å². The number of methoxy groups -OCH3 is 2. The van der Waals surface area contributed by atoms with Crippen LogP contribution in [0.2, 0.25) is 0 Å². The van der Waals surface area contributed by atoms with Crippen LogP contribution >= 0.6 is 11.3 Å². The van der Waals surface area contributed by atoms with Gasteiger partial charge in [-0.1, -0.05) is 0 Å². The number of aromatic hydroxyl groups is 1. The van der Waals surface area contributed by atoms with Crippen LogP contribution in [0.25, 0.3) is 10.4 Å². The Hall–Kier alpha value is -2.01. The fourth-order valence-electron chi connectivity index (χ4n) is 1.52. The number of carbonyl (C=O) groups is 1. The van der Waals surface area contributed by atoms with E-state index in [-0.39, 0.29) is 10.6 Å². The molecule has 4 nitrogen and oxygen atoms in total. The third-order valence-electron chi connectivity index (χ3n) is 2.46. The third kappa shape index (κ3) is 2.31. The highest BCUT2D eigenvalue weighted by Gasteiger charge is 2.16. The van der Waals surface area contributed by atoms with Gasteiger partial charge >= 0.3 is 5.97 Å². The molecule has 2 aromatic rings. The summed E-state index contributed by atoms with van der Waals surface area (Å²) < 4.78 is 9.66. The summed E-state index contributed by atoms with van der Waals surface area (Å²) in [4.78, 5) is 12.4. The molecule has 18 heavy (non-hydrogen) atoms. The molecule has 0 saturated heterocycles. The summed E-state index contributed by atoms with van der Waals surface area (Å²) in [6, 6.07) is 8.93. The molecule has 5 heteroatoms. The summed E-state index contributed by atoms with van der Waals surface area (Å²) in [7, 11) is 2.88. The van der Waals surface area contributed by atoms with Crippen LogP contribution in [-0.2, 0) is 4.74 Å². The van der Waals surface area contributed by atoms with Crippen molar-refractivity contribution >= 4 is 17.3 Å². The van der Waals surface area contributed by atoms with Crippen LogP contribution in [0.3, 0.4) is 0 Å². The van der Waals surface area contributed by atoms with Crippen LogP contribution in [0.1, 0.15) is 9.67 Å². The van der Waals surface area contributed by atoms with Gasteiger partial charge in [0.2, 0.25) is 0 Å². The van der Waals surface area contributed by atoms with Gasteiger partial charge in [-0.05, 0) is 35.9 Å². The number of hydrogen-bond donors (Lipinski definition) is 1. The van der Waals surface area contributed by atoms with Gasteiger partial charge in [-0.25, -0.2) is 4.79 Å². The molecule has 0 saturated carbocycles. The fraction of sp³-hybridized carbons (Fsp3) is 0.154. The first kappa shape index (κ1) is 12.4. The van der Waals surface area contributed by atoms with Crippen molar-refractivity contribution in [2.75, 3.05) is 14.2 Å². The van der Waals surface area contributed by atoms with Gasteiger partial charge in [-0.2, -0.15) is 0 Å². The molecule has 0 unspecified atom stereocenters. The van der Waals surface area contributed by atoms with E-state index in [4.69, 9.17) is 4.74 Å². The highest BCUT2D eigenvalue weighted by Crippen LogP contribution is 2.36. The Balaban J connectivity index is 2.36. The minimum atomic E-state index is -0.530. The van der Waals surface area contributed by atoms with Gasteiger partial charge in [0.25, 0.3) is 0 Å². The molecule has 0 spiro atoms. The van der Waals surface area contributed by atoms with E-state index in [0.29, 0.717) is 0 Å². The summed E-state index contributed by atoms with van der Waals surface area (Å²) in [5.41, 5.74) is 0.909. The van der Waals surface area contributed by atoms with Crippen LogP contribution in [-0.4, -0.2) is 25.3 Å². The standard InChI is InChI=1S/C13H12O4S/c1-16-9-5-3-8(4-6-9)11-7-10(14)12(18-11)13(15)17-2/h3-7,14H,1-2H3. The second-order valence-corrected chi connectivity index (χ2v) is 4.60. The molecule has 0 fully saturated rings. The highest BCUT2D eigenvalue weighted by atomic mass is 32.1. The van der Waals surface area contributed by atoms with Gasteiger partial charge in [-0.15, -0.1) is 11.3 Å². The quantitative estimate of drug-likeness (QED) is 0.866. The monoisotopic (exact) mass is 264 g/mol. The average Bonchev–Trinajstić information content (AvgIpc) is 2.80. The van der Waals surface area contributed by atoms with Crippen LogP contribution in [0.4, 0.5) is 0 Å². The number of hydrogen-bond acceptors (Lipinski definition) is 5. The Labute approximate surface area is 108 Å². The van der Waals surface area contributed by atoms with Crippen LogP contribution < -0.4 is 4.74 Å². The molecule has 0 amide bonds. The third-order valence-corrected chi connectivity index (χ3v) is 3.61. The maximum absolute atomic E-state index is 11.4. The summed E-state index contributed by atoms with van der Waals surface area (Å²) >= 11 is 1.19. The molecule has 0 aliphatic carbocycles. The van der Waals surface area contributed by atoms with Crippen molar-refractivity contribution in [3.8, 4) is 21.9 Å². The minimum absolute atomic E-state index is 0.0577. The smallest absolute Gasteiger partial charge is 0.351 e. The van der Waals surface area contributed by atoms with E-state index in [9.17, 15) is 9.90 Å². The summed E-state index contributed by atoms with van der Waals surface area (Å²) in [6.45, 7) is 0. The van der Waals surface area contributed by atoms with Crippen molar-refractivity contribution in [2.24, 2.45) is 0 Å². The first-order chi connectivity index (χ1) is 8.65. The second-order valence-electron chi connectivity index (χ2n) is 3.55. The maximum atomic E-state index is 11.4. The van der Waals surface area contributed by atoms with E-state index in [0.717, 1.165) is 16.2 Å². The Bertz CT molecular complexity index is 557. The van der Waals surface area contributed by atoms with Gasteiger partial charge in [0.05, 0.1) is 14.2 Å². The first-order valence-electron chi connectivity index (χ1n) is 5.21. The Morgan fingerprint density at radius 3 is 2.44 bits per heavy atom. The van der Waals surface area contributed by atoms with Crippen LogP contribution in [0.5, 0.6) is 11.5 Å². The largest absolute Gasteiger partial charge is 0.506 e. The highest BCUT2D eigenvalue weighted by molar-refractivity contribution is 7.17. The first-order valence-corrected chi connectivity index (χ1v) is 6.03. The molecule has 0 atom stereocenters. The zero-order valence-electron chi connectivity index (χ0n) is 9.97. The zero-order chi connectivity index (χ0) is 13.1. The van der Waals surface area contributed by atoms with Gasteiger partial charge in [0, 0.05) is 4.88 Å². The molecule has 1 heterocycles. The average molecular weight is 264 g/mol. The van der Waals surface area contributed by atoms with Crippen LogP contribution in [0, 0.1) is 0 Å². The van der Waals surface area contributed by atoms with Crippen molar-refractivity contribution in [1.29, 1.82) is 0 Å². The molecule has 0 aliphatic rings. The Morgan fingerprint density at radius 2 is 1.89 bits per heavy atom. The molecule has 0 radical (unpaired) electrons.